The molecule has 2 aromatic carbocycles. The molecule has 1 aliphatic heterocycles. The molecule has 2 aromatic rings. The molecule has 4 fully saturated rings. The molecule has 6 atom stereocenters. The number of hydrogen-bond donors (Lipinski definition) is 2. The molecule has 3 saturated carbocycles. The van der Waals surface area contributed by atoms with E-state index in [9.17, 15) is 19.5 Å². The van der Waals surface area contributed by atoms with E-state index in [4.69, 9.17) is 4.74 Å². The molecule has 180 valence electrons. The number of carboxylic acids is 1. The number of ether oxygens (including phenoxy) is 1. The van der Waals surface area contributed by atoms with Crippen LogP contribution in [0.2, 0.25) is 0 Å². The van der Waals surface area contributed by atoms with Gasteiger partial charge < -0.3 is 20.1 Å². The third-order valence-electron chi connectivity index (χ3n) is 9.27. The highest BCUT2D eigenvalue weighted by molar-refractivity contribution is 5.88. The van der Waals surface area contributed by atoms with Gasteiger partial charge in [0.2, 0.25) is 5.91 Å². The number of rotatable bonds is 5. The van der Waals surface area contributed by atoms with Crippen LogP contribution in [0.3, 0.4) is 0 Å². The summed E-state index contributed by atoms with van der Waals surface area (Å²) in [7, 11) is 0. The van der Waals surface area contributed by atoms with E-state index >= 15 is 0 Å². The van der Waals surface area contributed by atoms with Gasteiger partial charge in [0.05, 0.1) is 11.3 Å². The van der Waals surface area contributed by atoms with Crippen molar-refractivity contribution in [3.8, 4) is 11.1 Å². The summed E-state index contributed by atoms with van der Waals surface area (Å²) in [6, 6.07) is 16.5. The van der Waals surface area contributed by atoms with Gasteiger partial charge in [0.1, 0.15) is 6.61 Å². The molecule has 0 bridgehead atoms. The maximum Gasteiger partial charge on any atom is 0.407 e. The smallest absolute Gasteiger partial charge is 0.407 e. The summed E-state index contributed by atoms with van der Waals surface area (Å²) >= 11 is 0. The fraction of sp³-hybridized carbons (Fsp3) is 0.464. The van der Waals surface area contributed by atoms with Gasteiger partial charge in [-0.1, -0.05) is 48.5 Å². The quantitative estimate of drug-likeness (QED) is 0.695. The topological polar surface area (TPSA) is 95.9 Å². The summed E-state index contributed by atoms with van der Waals surface area (Å²) in [5, 5.41) is 12.2. The molecule has 35 heavy (non-hydrogen) atoms. The minimum absolute atomic E-state index is 0.0225. The highest BCUT2D eigenvalue weighted by atomic mass is 16.5. The van der Waals surface area contributed by atoms with Crippen LogP contribution in [0.15, 0.2) is 48.5 Å². The van der Waals surface area contributed by atoms with E-state index in [0.29, 0.717) is 25.4 Å². The average Bonchev–Trinajstić information content (AvgIpc) is 3.54. The summed E-state index contributed by atoms with van der Waals surface area (Å²) in [5.41, 5.74) is 4.39. The van der Waals surface area contributed by atoms with Gasteiger partial charge in [0, 0.05) is 25.0 Å². The standard InChI is InChI=1S/C28H28N2O5/c31-25(32)24-21-12-30(13-22(21)24)26(33)28-10-15(28)9-16(11-28)29-27(34)35-14-23-19-7-3-1-5-17(19)18-6-2-4-8-20(18)23/h1-8,15-16,21-24H,9-14H2,(H,29,34)(H,31,32)/t15-,16+,21-,22+,24?,28+/m0/s1. The van der Waals surface area contributed by atoms with Crippen molar-refractivity contribution >= 4 is 18.0 Å². The number of benzene rings is 2. The number of fused-ring (bicyclic) bond motifs is 5. The van der Waals surface area contributed by atoms with E-state index in [1.807, 2.05) is 29.2 Å². The number of carbonyl (C=O) groups excluding carboxylic acids is 2. The summed E-state index contributed by atoms with van der Waals surface area (Å²) in [4.78, 5) is 39.1. The van der Waals surface area contributed by atoms with Crippen molar-refractivity contribution in [2.45, 2.75) is 31.2 Å². The number of piperidine rings is 1. The van der Waals surface area contributed by atoms with Crippen molar-refractivity contribution in [2.75, 3.05) is 19.7 Å². The first-order valence-electron chi connectivity index (χ1n) is 12.6. The average molecular weight is 473 g/mol. The maximum absolute atomic E-state index is 13.3. The first-order valence-corrected chi connectivity index (χ1v) is 12.6. The van der Waals surface area contributed by atoms with Crippen molar-refractivity contribution in [2.24, 2.45) is 29.1 Å². The number of carbonyl (C=O) groups is 3. The van der Waals surface area contributed by atoms with Gasteiger partial charge in [-0.3, -0.25) is 9.59 Å². The minimum atomic E-state index is -0.734. The second-order valence-corrected chi connectivity index (χ2v) is 11.1. The maximum atomic E-state index is 13.3. The second-order valence-electron chi connectivity index (χ2n) is 11.1. The Kier molecular flexibility index (Phi) is 4.39. The lowest BCUT2D eigenvalue weighted by Crippen LogP contribution is -2.40. The molecule has 1 saturated heterocycles. The molecule has 0 radical (unpaired) electrons. The molecule has 2 N–H and O–H groups in total. The Morgan fingerprint density at radius 3 is 2.23 bits per heavy atom. The highest BCUT2D eigenvalue weighted by Crippen LogP contribution is 2.65. The Bertz CT molecular complexity index is 1200. The fourth-order valence-electron chi connectivity index (χ4n) is 7.45. The molecule has 4 aliphatic carbocycles. The van der Waals surface area contributed by atoms with Gasteiger partial charge in [0.15, 0.2) is 0 Å². The molecule has 1 heterocycles. The summed E-state index contributed by atoms with van der Waals surface area (Å²) < 4.78 is 5.70. The van der Waals surface area contributed by atoms with Crippen LogP contribution in [0.4, 0.5) is 4.79 Å². The molecule has 0 aromatic heterocycles. The summed E-state index contributed by atoms with van der Waals surface area (Å²) in [6.07, 6.45) is 1.90. The van der Waals surface area contributed by atoms with Crippen LogP contribution >= 0.6 is 0 Å². The molecular weight excluding hydrogens is 444 g/mol. The summed E-state index contributed by atoms with van der Waals surface area (Å²) in [5.74, 6) is -0.255. The van der Waals surface area contributed by atoms with Crippen LogP contribution in [0.1, 0.15) is 36.3 Å². The zero-order valence-electron chi connectivity index (χ0n) is 19.4. The lowest BCUT2D eigenvalue weighted by Gasteiger charge is -2.25. The number of aliphatic carboxylic acids is 1. The van der Waals surface area contributed by atoms with Crippen LogP contribution in [-0.2, 0) is 14.3 Å². The number of nitrogens with one attached hydrogen (secondary N) is 1. The van der Waals surface area contributed by atoms with E-state index in [1.165, 1.54) is 22.3 Å². The van der Waals surface area contributed by atoms with Crippen LogP contribution in [-0.4, -0.2) is 53.7 Å². The number of amides is 2. The molecule has 7 heteroatoms. The SMILES string of the molecule is O=C(N[C@@H]1C[C@H]2C[C@@]2(C(=O)N2C[C@@H]3C(C(=O)O)[C@@H]3C2)C1)OCC1c2ccccc2-c2ccccc21. The van der Waals surface area contributed by atoms with Crippen LogP contribution < -0.4 is 5.32 Å². The van der Waals surface area contributed by atoms with Crippen molar-refractivity contribution in [1.82, 2.24) is 10.2 Å². The zero-order chi connectivity index (χ0) is 23.9. The van der Waals surface area contributed by atoms with Crippen LogP contribution in [0, 0.1) is 29.1 Å². The van der Waals surface area contributed by atoms with Crippen molar-refractivity contribution in [3.05, 3.63) is 59.7 Å². The first kappa shape index (κ1) is 21.0. The number of carboxylic acid groups (broad SMARTS) is 1. The van der Waals surface area contributed by atoms with E-state index in [2.05, 4.69) is 29.6 Å². The third kappa shape index (κ3) is 3.13. The zero-order valence-corrected chi connectivity index (χ0v) is 19.4. The van der Waals surface area contributed by atoms with Gasteiger partial charge in [-0.05, 0) is 59.3 Å². The largest absolute Gasteiger partial charge is 0.481 e. The second kappa shape index (κ2) is 7.33. The molecule has 5 aliphatic rings. The van der Waals surface area contributed by atoms with E-state index < -0.39 is 12.1 Å². The van der Waals surface area contributed by atoms with E-state index in [0.717, 1.165) is 12.8 Å². The minimum Gasteiger partial charge on any atom is -0.481 e. The number of likely N-dealkylation sites (tertiary alicyclic amines) is 1. The van der Waals surface area contributed by atoms with Crippen molar-refractivity contribution in [1.29, 1.82) is 0 Å². The lowest BCUT2D eigenvalue weighted by atomic mass is 9.98. The molecule has 7 nitrogen and oxygen atoms in total. The Balaban J connectivity index is 0.951. The monoisotopic (exact) mass is 472 g/mol. The van der Waals surface area contributed by atoms with Crippen LogP contribution in [0.25, 0.3) is 11.1 Å². The lowest BCUT2D eigenvalue weighted by molar-refractivity contribution is -0.142. The Morgan fingerprint density at radius 1 is 0.971 bits per heavy atom. The predicted molar refractivity (Wildman–Crippen MR) is 126 cm³/mol. The van der Waals surface area contributed by atoms with Gasteiger partial charge in [-0.2, -0.15) is 0 Å². The van der Waals surface area contributed by atoms with Crippen molar-refractivity contribution < 1.29 is 24.2 Å². The predicted octanol–water partition coefficient (Wildman–Crippen LogP) is 3.48. The fourth-order valence-corrected chi connectivity index (χ4v) is 7.45. The van der Waals surface area contributed by atoms with E-state index in [-0.39, 0.29) is 47.6 Å². The molecule has 2 amide bonds. The van der Waals surface area contributed by atoms with Gasteiger partial charge in [0.25, 0.3) is 0 Å². The first-order chi connectivity index (χ1) is 17.0. The molecule has 7 rings (SSSR count). The Labute approximate surface area is 203 Å². The van der Waals surface area contributed by atoms with Gasteiger partial charge in [-0.25, -0.2) is 4.79 Å². The molecule has 1 unspecified atom stereocenters. The van der Waals surface area contributed by atoms with Gasteiger partial charge in [-0.15, -0.1) is 0 Å². The number of hydrogen-bond acceptors (Lipinski definition) is 4. The Morgan fingerprint density at radius 2 is 1.60 bits per heavy atom. The van der Waals surface area contributed by atoms with Crippen LogP contribution in [0.5, 0.6) is 0 Å². The van der Waals surface area contributed by atoms with E-state index in [1.54, 1.807) is 0 Å². The van der Waals surface area contributed by atoms with Gasteiger partial charge >= 0.3 is 12.1 Å². The number of nitrogens with zero attached hydrogens (tertiary/aromatic N) is 1. The summed E-state index contributed by atoms with van der Waals surface area (Å²) in [6.45, 7) is 1.42. The Hall–Kier alpha value is -3.35. The third-order valence-corrected chi connectivity index (χ3v) is 9.27. The highest BCUT2D eigenvalue weighted by Gasteiger charge is 2.68. The normalized spacial score (nSPS) is 33.4. The molecule has 0 spiro atoms. The molecular formula is C28H28N2O5. The van der Waals surface area contributed by atoms with Crippen molar-refractivity contribution in [3.63, 3.8) is 0 Å². The number of alkyl carbamates (subject to hydrolysis) is 1.